The second-order valence-electron chi connectivity index (χ2n) is 6.78. The first-order valence-corrected chi connectivity index (χ1v) is 8.97. The highest BCUT2D eigenvalue weighted by atomic mass is 35.5. The van der Waals surface area contributed by atoms with E-state index in [-0.39, 0.29) is 11.8 Å². The average molecular weight is 388 g/mol. The zero-order valence-corrected chi connectivity index (χ0v) is 16.3. The molecule has 2 amide bonds. The molecular weight excluding hydrogens is 366 g/mol. The van der Waals surface area contributed by atoms with Gasteiger partial charge in [0.25, 0.3) is 0 Å². The number of nitrogens with one attached hydrogen (secondary N) is 2. The van der Waals surface area contributed by atoms with Gasteiger partial charge in [0.1, 0.15) is 11.2 Å². The van der Waals surface area contributed by atoms with E-state index >= 15 is 0 Å². The van der Waals surface area contributed by atoms with E-state index in [1.807, 2.05) is 43.3 Å². The van der Waals surface area contributed by atoms with Crippen molar-refractivity contribution in [3.63, 3.8) is 0 Å². The van der Waals surface area contributed by atoms with E-state index in [1.54, 1.807) is 18.2 Å². The molecule has 3 rings (SSSR count). The number of methoxy groups -OCH3 is 1. The SMILES string of the molecule is COc1ccc(NC(=O)C2(C(=O)Nc3ccc(N(C)C)cc3)CC2)cc1Cl. The van der Waals surface area contributed by atoms with Crippen molar-refractivity contribution >= 4 is 40.5 Å². The fraction of sp³-hybridized carbons (Fsp3) is 0.300. The molecule has 0 radical (unpaired) electrons. The third-order valence-electron chi connectivity index (χ3n) is 4.67. The van der Waals surface area contributed by atoms with E-state index in [0.717, 1.165) is 5.69 Å². The lowest BCUT2D eigenvalue weighted by molar-refractivity contribution is -0.131. The average Bonchev–Trinajstić information content (AvgIpc) is 3.44. The number of amides is 2. The predicted molar refractivity (Wildman–Crippen MR) is 108 cm³/mol. The number of hydrogen-bond acceptors (Lipinski definition) is 4. The van der Waals surface area contributed by atoms with Gasteiger partial charge in [0, 0.05) is 31.2 Å². The number of carbonyl (C=O) groups excluding carboxylic acids is 2. The summed E-state index contributed by atoms with van der Waals surface area (Å²) in [6.45, 7) is 0. The lowest BCUT2D eigenvalue weighted by atomic mass is 10.0. The molecule has 1 fully saturated rings. The highest BCUT2D eigenvalue weighted by Gasteiger charge is 2.56. The lowest BCUT2D eigenvalue weighted by Gasteiger charge is -2.17. The molecule has 0 aliphatic heterocycles. The van der Waals surface area contributed by atoms with Crippen LogP contribution < -0.4 is 20.3 Å². The molecule has 7 heteroatoms. The first-order chi connectivity index (χ1) is 12.9. The van der Waals surface area contributed by atoms with E-state index in [9.17, 15) is 9.59 Å². The van der Waals surface area contributed by atoms with E-state index < -0.39 is 5.41 Å². The Kier molecular flexibility index (Phi) is 5.28. The Morgan fingerprint density at radius 3 is 2.04 bits per heavy atom. The van der Waals surface area contributed by atoms with Crippen LogP contribution in [0.25, 0.3) is 0 Å². The molecule has 142 valence electrons. The Labute approximate surface area is 163 Å². The van der Waals surface area contributed by atoms with Crippen molar-refractivity contribution in [2.45, 2.75) is 12.8 Å². The highest BCUT2D eigenvalue weighted by molar-refractivity contribution is 6.32. The Morgan fingerprint density at radius 2 is 1.56 bits per heavy atom. The summed E-state index contributed by atoms with van der Waals surface area (Å²) < 4.78 is 5.10. The second-order valence-corrected chi connectivity index (χ2v) is 7.19. The van der Waals surface area contributed by atoms with Gasteiger partial charge in [-0.25, -0.2) is 0 Å². The third-order valence-corrected chi connectivity index (χ3v) is 4.97. The van der Waals surface area contributed by atoms with Crippen molar-refractivity contribution in [3.8, 4) is 5.75 Å². The van der Waals surface area contributed by atoms with Crippen LogP contribution in [0.4, 0.5) is 17.1 Å². The van der Waals surface area contributed by atoms with E-state index in [1.165, 1.54) is 7.11 Å². The number of benzene rings is 2. The van der Waals surface area contributed by atoms with Crippen molar-refractivity contribution in [2.24, 2.45) is 5.41 Å². The monoisotopic (exact) mass is 387 g/mol. The van der Waals surface area contributed by atoms with Crippen LogP contribution in [0.3, 0.4) is 0 Å². The molecule has 2 N–H and O–H groups in total. The number of hydrogen-bond donors (Lipinski definition) is 2. The zero-order valence-electron chi connectivity index (χ0n) is 15.5. The Morgan fingerprint density at radius 1 is 1.00 bits per heavy atom. The minimum absolute atomic E-state index is 0.294. The highest BCUT2D eigenvalue weighted by Crippen LogP contribution is 2.47. The van der Waals surface area contributed by atoms with Gasteiger partial charge in [-0.2, -0.15) is 0 Å². The molecule has 0 aromatic heterocycles. The molecule has 1 aliphatic rings. The quantitative estimate of drug-likeness (QED) is 0.740. The summed E-state index contributed by atoms with van der Waals surface area (Å²) in [4.78, 5) is 27.3. The number of carbonyl (C=O) groups is 2. The van der Waals surface area contributed by atoms with Crippen molar-refractivity contribution < 1.29 is 14.3 Å². The standard InChI is InChI=1S/C20H22ClN3O3/c1-24(2)15-7-4-13(5-8-15)22-18(25)20(10-11-20)19(26)23-14-6-9-17(27-3)16(21)12-14/h4-9,12H,10-11H2,1-3H3,(H,22,25)(H,23,26). The van der Waals surface area contributed by atoms with E-state index in [0.29, 0.717) is 35.0 Å². The summed E-state index contributed by atoms with van der Waals surface area (Å²) in [5.74, 6) is -0.0990. The van der Waals surface area contributed by atoms with Crippen LogP contribution in [0.2, 0.25) is 5.02 Å². The van der Waals surface area contributed by atoms with E-state index in [2.05, 4.69) is 10.6 Å². The van der Waals surface area contributed by atoms with Gasteiger partial charge >= 0.3 is 0 Å². The van der Waals surface area contributed by atoms with Crippen LogP contribution >= 0.6 is 11.6 Å². The van der Waals surface area contributed by atoms with Gasteiger partial charge in [-0.1, -0.05) is 11.6 Å². The van der Waals surface area contributed by atoms with E-state index in [4.69, 9.17) is 16.3 Å². The first kappa shape index (κ1) is 19.0. The predicted octanol–water partition coefficient (Wildman–Crippen LogP) is 3.77. The smallest absolute Gasteiger partial charge is 0.240 e. The third kappa shape index (κ3) is 4.01. The molecule has 0 atom stereocenters. The van der Waals surface area contributed by atoms with Gasteiger partial charge in [0.15, 0.2) is 0 Å². The maximum absolute atomic E-state index is 12.7. The molecular formula is C20H22ClN3O3. The van der Waals surface area contributed by atoms with Gasteiger partial charge in [0.2, 0.25) is 11.8 Å². The molecule has 0 spiro atoms. The van der Waals surface area contributed by atoms with Crippen LogP contribution in [-0.2, 0) is 9.59 Å². The molecule has 0 heterocycles. The summed E-state index contributed by atoms with van der Waals surface area (Å²) in [7, 11) is 5.42. The minimum atomic E-state index is -1.04. The molecule has 1 aliphatic carbocycles. The van der Waals surface area contributed by atoms with Gasteiger partial charge in [-0.05, 0) is 55.3 Å². The Bertz CT molecular complexity index is 861. The molecule has 2 aromatic carbocycles. The van der Waals surface area contributed by atoms with Gasteiger partial charge in [-0.15, -0.1) is 0 Å². The van der Waals surface area contributed by atoms with Crippen molar-refractivity contribution in [2.75, 3.05) is 36.7 Å². The molecule has 6 nitrogen and oxygen atoms in total. The number of halogens is 1. The van der Waals surface area contributed by atoms with Crippen LogP contribution in [0.5, 0.6) is 5.75 Å². The molecule has 1 saturated carbocycles. The van der Waals surface area contributed by atoms with Crippen LogP contribution in [0.15, 0.2) is 42.5 Å². The fourth-order valence-electron chi connectivity index (χ4n) is 2.77. The molecule has 27 heavy (non-hydrogen) atoms. The Hall–Kier alpha value is -2.73. The molecule has 0 saturated heterocycles. The van der Waals surface area contributed by atoms with Crippen LogP contribution in [0, 0.1) is 5.41 Å². The minimum Gasteiger partial charge on any atom is -0.495 e. The van der Waals surface area contributed by atoms with Crippen LogP contribution in [-0.4, -0.2) is 33.0 Å². The largest absolute Gasteiger partial charge is 0.495 e. The zero-order chi connectivity index (χ0) is 19.6. The van der Waals surface area contributed by atoms with Crippen molar-refractivity contribution in [1.29, 1.82) is 0 Å². The molecule has 0 unspecified atom stereocenters. The number of ether oxygens (including phenoxy) is 1. The van der Waals surface area contributed by atoms with Crippen LogP contribution in [0.1, 0.15) is 12.8 Å². The number of anilines is 3. The summed E-state index contributed by atoms with van der Waals surface area (Å²) in [5.41, 5.74) is 1.19. The second kappa shape index (κ2) is 7.48. The maximum Gasteiger partial charge on any atom is 0.240 e. The lowest BCUT2D eigenvalue weighted by Crippen LogP contribution is -2.35. The summed E-state index contributed by atoms with van der Waals surface area (Å²) in [5, 5.41) is 6.02. The molecule has 0 bridgehead atoms. The van der Waals surface area contributed by atoms with Gasteiger partial charge < -0.3 is 20.3 Å². The number of rotatable bonds is 6. The topological polar surface area (TPSA) is 70.7 Å². The fourth-order valence-corrected chi connectivity index (χ4v) is 3.03. The van der Waals surface area contributed by atoms with Crippen molar-refractivity contribution in [1.82, 2.24) is 0 Å². The number of nitrogens with zero attached hydrogens (tertiary/aromatic N) is 1. The summed E-state index contributed by atoms with van der Waals surface area (Å²) >= 11 is 6.09. The van der Waals surface area contributed by atoms with Crippen molar-refractivity contribution in [3.05, 3.63) is 47.5 Å². The Balaban J connectivity index is 1.67. The normalized spacial score (nSPS) is 14.2. The molecule has 2 aromatic rings. The summed E-state index contributed by atoms with van der Waals surface area (Å²) in [6.07, 6.45) is 1.04. The summed E-state index contributed by atoms with van der Waals surface area (Å²) in [6, 6.07) is 12.4. The van der Waals surface area contributed by atoms with Gasteiger partial charge in [0.05, 0.1) is 12.1 Å². The first-order valence-electron chi connectivity index (χ1n) is 8.59. The van der Waals surface area contributed by atoms with Gasteiger partial charge in [-0.3, -0.25) is 9.59 Å². The maximum atomic E-state index is 12.7.